The van der Waals surface area contributed by atoms with Gasteiger partial charge in [-0.15, -0.1) is 0 Å². The number of halogens is 2. The van der Waals surface area contributed by atoms with Crippen LogP contribution in [0.5, 0.6) is 5.75 Å². The van der Waals surface area contributed by atoms with Crippen LogP contribution < -0.4 is 21.5 Å². The lowest BCUT2D eigenvalue weighted by Crippen LogP contribution is -2.39. The summed E-state index contributed by atoms with van der Waals surface area (Å²) in [7, 11) is 0. The van der Waals surface area contributed by atoms with Crippen molar-refractivity contribution in [1.82, 2.24) is 5.32 Å². The molecular formula is C32H37ClFN3O3. The Morgan fingerprint density at radius 1 is 1.05 bits per heavy atom. The number of hydrogen-bond donors (Lipinski definition) is 3. The van der Waals surface area contributed by atoms with Crippen molar-refractivity contribution < 1.29 is 18.7 Å². The third kappa shape index (κ3) is 6.66. The van der Waals surface area contributed by atoms with Gasteiger partial charge in [0.25, 0.3) is 0 Å². The van der Waals surface area contributed by atoms with E-state index in [9.17, 15) is 4.79 Å². The van der Waals surface area contributed by atoms with Crippen LogP contribution in [0.1, 0.15) is 65.9 Å². The van der Waals surface area contributed by atoms with E-state index in [2.05, 4.69) is 17.4 Å². The molecule has 1 saturated heterocycles. The molecule has 1 aliphatic carbocycles. The summed E-state index contributed by atoms with van der Waals surface area (Å²) in [5.41, 5.74) is 14.4. The van der Waals surface area contributed by atoms with Crippen LogP contribution in [0.4, 0.5) is 4.39 Å². The molecule has 0 radical (unpaired) electrons. The summed E-state index contributed by atoms with van der Waals surface area (Å²) in [6, 6.07) is 19.4. The Morgan fingerprint density at radius 3 is 2.52 bits per heavy atom. The fraction of sp³-hybridized carbons (Fsp3) is 0.406. The van der Waals surface area contributed by atoms with Crippen LogP contribution in [0, 0.1) is 5.82 Å². The third-order valence-electron chi connectivity index (χ3n) is 8.07. The van der Waals surface area contributed by atoms with Crippen molar-refractivity contribution in [2.75, 3.05) is 19.8 Å². The van der Waals surface area contributed by atoms with Crippen molar-refractivity contribution >= 4 is 17.5 Å². The first-order valence-corrected chi connectivity index (χ1v) is 14.5. The van der Waals surface area contributed by atoms with Gasteiger partial charge >= 0.3 is 0 Å². The Labute approximate surface area is 240 Å². The average Bonchev–Trinajstić information content (AvgIpc) is 3.48. The van der Waals surface area contributed by atoms with Crippen LogP contribution in [0.25, 0.3) is 11.1 Å². The highest BCUT2D eigenvalue weighted by atomic mass is 35.5. The standard InChI is InChI=1S/C32H37ClFN3O3/c33-28-14-8-21(27(20-5-2-1-3-6-20)18-37-23-11-9-22(35)10-12-23)17-26(28)30-25(32(36)38)13-15-29(31(30)34)40-19-24-7-4-16-39-24/h1-3,5-6,8,13-15,17,22-24,27,37H,4,7,9-12,16,18-19,35H2,(H2,36,38)/t22?,23?,24-,27?/m1/s1. The van der Waals surface area contributed by atoms with Crippen molar-refractivity contribution in [2.24, 2.45) is 11.5 Å². The first-order valence-electron chi connectivity index (χ1n) is 14.1. The number of nitrogens with two attached hydrogens (primary N) is 2. The minimum atomic E-state index is -0.738. The molecule has 0 bridgehead atoms. The van der Waals surface area contributed by atoms with E-state index in [1.54, 1.807) is 6.07 Å². The topological polar surface area (TPSA) is 99.6 Å². The molecule has 1 unspecified atom stereocenters. The number of carbonyl (C=O) groups excluding carboxylic acids is 1. The quantitative estimate of drug-likeness (QED) is 0.289. The Kier molecular flexibility index (Phi) is 9.37. The molecule has 1 saturated carbocycles. The predicted octanol–water partition coefficient (Wildman–Crippen LogP) is 5.79. The van der Waals surface area contributed by atoms with Gasteiger partial charge in [0.1, 0.15) is 6.61 Å². The van der Waals surface area contributed by atoms with E-state index in [0.29, 0.717) is 29.8 Å². The van der Waals surface area contributed by atoms with Crippen LogP contribution >= 0.6 is 11.6 Å². The first-order chi connectivity index (χ1) is 19.4. The summed E-state index contributed by atoms with van der Waals surface area (Å²) in [5.74, 6) is -1.39. The van der Waals surface area contributed by atoms with Crippen molar-refractivity contribution in [3.63, 3.8) is 0 Å². The second kappa shape index (κ2) is 13.1. The largest absolute Gasteiger partial charge is 0.488 e. The highest BCUT2D eigenvalue weighted by Gasteiger charge is 2.25. The highest BCUT2D eigenvalue weighted by Crippen LogP contribution is 2.39. The molecule has 212 valence electrons. The second-order valence-electron chi connectivity index (χ2n) is 10.8. The lowest BCUT2D eigenvalue weighted by molar-refractivity contribution is 0.0666. The van der Waals surface area contributed by atoms with Gasteiger partial charge in [0.15, 0.2) is 11.6 Å². The zero-order chi connectivity index (χ0) is 28.1. The predicted molar refractivity (Wildman–Crippen MR) is 156 cm³/mol. The number of carbonyl (C=O) groups is 1. The van der Waals surface area contributed by atoms with E-state index in [1.165, 1.54) is 12.1 Å². The van der Waals surface area contributed by atoms with Gasteiger partial charge < -0.3 is 26.3 Å². The molecule has 1 heterocycles. The second-order valence-corrected chi connectivity index (χ2v) is 11.2. The fourth-order valence-corrected chi connectivity index (χ4v) is 5.98. The van der Waals surface area contributed by atoms with E-state index in [0.717, 1.165) is 49.7 Å². The molecule has 5 rings (SSSR count). The summed E-state index contributed by atoms with van der Waals surface area (Å²) < 4.78 is 27.5. The van der Waals surface area contributed by atoms with E-state index in [4.69, 9.17) is 32.5 Å². The van der Waals surface area contributed by atoms with Crippen LogP contribution in [-0.2, 0) is 4.74 Å². The minimum Gasteiger partial charge on any atom is -0.488 e. The highest BCUT2D eigenvalue weighted by molar-refractivity contribution is 6.33. The van der Waals surface area contributed by atoms with Crippen molar-refractivity contribution in [1.29, 1.82) is 0 Å². The van der Waals surface area contributed by atoms with Crippen molar-refractivity contribution in [2.45, 2.75) is 62.6 Å². The molecule has 6 nitrogen and oxygen atoms in total. The molecule has 40 heavy (non-hydrogen) atoms. The molecule has 1 aliphatic heterocycles. The average molecular weight is 566 g/mol. The Balaban J connectivity index is 1.49. The van der Waals surface area contributed by atoms with Gasteiger partial charge in [0, 0.05) is 47.3 Å². The van der Waals surface area contributed by atoms with Crippen molar-refractivity contribution in [3.05, 3.63) is 88.2 Å². The molecule has 2 fully saturated rings. The number of primary amides is 1. The van der Waals surface area contributed by atoms with Gasteiger partial charge in [0.05, 0.1) is 11.7 Å². The van der Waals surface area contributed by atoms with Gasteiger partial charge in [-0.25, -0.2) is 4.39 Å². The summed E-state index contributed by atoms with van der Waals surface area (Å²) >= 11 is 6.67. The van der Waals surface area contributed by atoms with E-state index >= 15 is 4.39 Å². The monoisotopic (exact) mass is 565 g/mol. The smallest absolute Gasteiger partial charge is 0.249 e. The van der Waals surface area contributed by atoms with Crippen LogP contribution in [0.3, 0.4) is 0 Å². The number of ether oxygens (including phenoxy) is 2. The summed E-state index contributed by atoms with van der Waals surface area (Å²) in [4.78, 5) is 12.4. The molecule has 0 aromatic heterocycles. The third-order valence-corrected chi connectivity index (χ3v) is 8.40. The van der Waals surface area contributed by atoms with E-state index < -0.39 is 11.7 Å². The van der Waals surface area contributed by atoms with Gasteiger partial charge in [-0.2, -0.15) is 0 Å². The number of amides is 1. The maximum absolute atomic E-state index is 16.1. The molecule has 2 aliphatic rings. The molecule has 0 spiro atoms. The lowest BCUT2D eigenvalue weighted by Gasteiger charge is -2.29. The molecule has 8 heteroatoms. The maximum Gasteiger partial charge on any atom is 0.249 e. The Morgan fingerprint density at radius 2 is 1.82 bits per heavy atom. The maximum atomic E-state index is 16.1. The number of hydrogen-bond acceptors (Lipinski definition) is 5. The zero-order valence-electron chi connectivity index (χ0n) is 22.6. The van der Waals surface area contributed by atoms with E-state index in [1.807, 2.05) is 30.3 Å². The molecule has 2 atom stereocenters. The lowest BCUT2D eigenvalue weighted by atomic mass is 9.87. The minimum absolute atomic E-state index is 0.0214. The summed E-state index contributed by atoms with van der Waals surface area (Å²) in [6.07, 6.45) is 5.85. The Hall–Kier alpha value is -2.97. The van der Waals surface area contributed by atoms with Gasteiger partial charge in [-0.3, -0.25) is 4.79 Å². The fourth-order valence-electron chi connectivity index (χ4n) is 5.77. The normalized spacial score (nSPS) is 21.7. The van der Waals surface area contributed by atoms with Gasteiger partial charge in [0.2, 0.25) is 5.91 Å². The summed E-state index contributed by atoms with van der Waals surface area (Å²) in [5, 5.41) is 4.06. The number of nitrogens with one attached hydrogen (secondary N) is 1. The number of benzene rings is 3. The van der Waals surface area contributed by atoms with Crippen LogP contribution in [0.2, 0.25) is 5.02 Å². The summed E-state index contributed by atoms with van der Waals surface area (Å²) in [6.45, 7) is 1.60. The van der Waals surface area contributed by atoms with E-state index in [-0.39, 0.29) is 41.5 Å². The molecule has 3 aromatic carbocycles. The Bertz CT molecular complexity index is 1310. The molecular weight excluding hydrogens is 529 g/mol. The molecule has 1 amide bonds. The molecule has 3 aromatic rings. The molecule has 5 N–H and O–H groups in total. The zero-order valence-corrected chi connectivity index (χ0v) is 23.3. The first kappa shape index (κ1) is 28.6. The van der Waals surface area contributed by atoms with Crippen LogP contribution in [0.15, 0.2) is 60.7 Å². The van der Waals surface area contributed by atoms with Gasteiger partial charge in [-0.05, 0) is 73.9 Å². The van der Waals surface area contributed by atoms with Crippen LogP contribution in [-0.4, -0.2) is 43.9 Å². The van der Waals surface area contributed by atoms with Crippen molar-refractivity contribution in [3.8, 4) is 16.9 Å². The number of rotatable bonds is 10. The van der Waals surface area contributed by atoms with Gasteiger partial charge in [-0.1, -0.05) is 48.0 Å². The SMILES string of the molecule is NC(=O)c1ccc(OC[C@H]2CCCO2)c(F)c1-c1cc(C(CNC2CCC(N)CC2)c2ccccc2)ccc1Cl.